The summed E-state index contributed by atoms with van der Waals surface area (Å²) in [5.74, 6) is 1.54. The molecule has 0 radical (unpaired) electrons. The van der Waals surface area contributed by atoms with Crippen LogP contribution in [-0.4, -0.2) is 64.9 Å². The Hall–Kier alpha value is -2.63. The molecule has 1 amide bonds. The van der Waals surface area contributed by atoms with E-state index in [9.17, 15) is 4.79 Å². The van der Waals surface area contributed by atoms with E-state index in [4.69, 9.17) is 0 Å². The minimum Gasteiger partial charge on any atom is -0.361 e. The van der Waals surface area contributed by atoms with Crippen LogP contribution in [-0.2, 0) is 12.1 Å². The van der Waals surface area contributed by atoms with Crippen molar-refractivity contribution in [1.82, 2.24) is 19.7 Å². The van der Waals surface area contributed by atoms with Gasteiger partial charge in [0.25, 0.3) is 5.91 Å². The second kappa shape index (κ2) is 13.2. The van der Waals surface area contributed by atoms with Crippen LogP contribution in [0.15, 0.2) is 54.7 Å². The fraction of sp³-hybridized carbons (Fsp3) is 0.605. The first-order valence-electron chi connectivity index (χ1n) is 17.7. The predicted octanol–water partition coefficient (Wildman–Crippen LogP) is 7.97. The summed E-state index contributed by atoms with van der Waals surface area (Å²) >= 11 is 0. The van der Waals surface area contributed by atoms with Crippen molar-refractivity contribution in [2.75, 3.05) is 39.3 Å². The Morgan fingerprint density at radius 3 is 1.93 bits per heavy atom. The molecule has 3 aromatic rings. The summed E-state index contributed by atoms with van der Waals surface area (Å²) in [4.78, 5) is 25.4. The molecule has 0 bridgehead atoms. The van der Waals surface area contributed by atoms with Crippen molar-refractivity contribution >= 4 is 16.8 Å². The molecule has 4 aliphatic rings. The zero-order chi connectivity index (χ0) is 29.1. The number of fused-ring (bicyclic) bond motifs is 1. The molecule has 4 fully saturated rings. The van der Waals surface area contributed by atoms with Crippen LogP contribution in [0.5, 0.6) is 0 Å². The highest BCUT2D eigenvalue weighted by Crippen LogP contribution is 2.51. The van der Waals surface area contributed by atoms with Gasteiger partial charge in [0.1, 0.15) is 5.66 Å². The zero-order valence-corrected chi connectivity index (χ0v) is 26.2. The van der Waals surface area contributed by atoms with Gasteiger partial charge in [-0.2, -0.15) is 0 Å². The van der Waals surface area contributed by atoms with Gasteiger partial charge < -0.3 is 9.88 Å². The number of piperidine rings is 1. The Bertz CT molecular complexity index is 1320. The van der Waals surface area contributed by atoms with Gasteiger partial charge in [-0.25, -0.2) is 0 Å². The summed E-state index contributed by atoms with van der Waals surface area (Å²) in [5.41, 5.74) is 4.84. The van der Waals surface area contributed by atoms with E-state index in [0.29, 0.717) is 11.8 Å². The van der Waals surface area contributed by atoms with Gasteiger partial charge in [-0.05, 0) is 87.3 Å². The van der Waals surface area contributed by atoms with Crippen LogP contribution in [0.4, 0.5) is 0 Å². The lowest BCUT2D eigenvalue weighted by molar-refractivity contribution is -0.128. The van der Waals surface area contributed by atoms with E-state index >= 15 is 0 Å². The van der Waals surface area contributed by atoms with Gasteiger partial charge in [0, 0.05) is 67.5 Å². The lowest BCUT2D eigenvalue weighted by Gasteiger charge is -2.57. The van der Waals surface area contributed by atoms with Gasteiger partial charge in [-0.3, -0.25) is 14.6 Å². The fourth-order valence-electron chi connectivity index (χ4n) is 8.94. The average Bonchev–Trinajstić information content (AvgIpc) is 3.19. The number of likely N-dealkylation sites (tertiary alicyclic amines) is 3. The number of nitrogens with zero attached hydrogens (tertiary/aromatic N) is 3. The number of carbonyl (C=O) groups is 1. The summed E-state index contributed by atoms with van der Waals surface area (Å²) < 4.78 is 0. The lowest BCUT2D eigenvalue weighted by atomic mass is 9.70. The van der Waals surface area contributed by atoms with Gasteiger partial charge in [-0.15, -0.1) is 0 Å². The molecule has 230 valence electrons. The topological polar surface area (TPSA) is 42.6 Å². The summed E-state index contributed by atoms with van der Waals surface area (Å²) in [6, 6.07) is 17.4. The quantitative estimate of drug-likeness (QED) is 0.308. The number of aromatic nitrogens is 1. The molecule has 5 heteroatoms. The van der Waals surface area contributed by atoms with Crippen LogP contribution in [0.3, 0.4) is 0 Å². The molecule has 1 aliphatic carbocycles. The van der Waals surface area contributed by atoms with E-state index in [0.717, 1.165) is 43.4 Å². The van der Waals surface area contributed by atoms with E-state index in [1.807, 2.05) is 0 Å². The van der Waals surface area contributed by atoms with Crippen molar-refractivity contribution in [2.45, 2.75) is 95.6 Å². The first-order valence-corrected chi connectivity index (χ1v) is 17.7. The highest BCUT2D eigenvalue weighted by atomic mass is 16.2. The van der Waals surface area contributed by atoms with Gasteiger partial charge >= 0.3 is 0 Å². The van der Waals surface area contributed by atoms with Crippen molar-refractivity contribution in [3.05, 3.63) is 71.4 Å². The molecule has 2 aromatic carbocycles. The van der Waals surface area contributed by atoms with E-state index in [2.05, 4.69) is 74.4 Å². The first kappa shape index (κ1) is 29.1. The first-order chi connectivity index (χ1) is 21.2. The number of amides is 1. The molecule has 3 saturated heterocycles. The Morgan fingerprint density at radius 2 is 1.35 bits per heavy atom. The predicted molar refractivity (Wildman–Crippen MR) is 176 cm³/mol. The van der Waals surface area contributed by atoms with Crippen molar-refractivity contribution in [3.63, 3.8) is 0 Å². The molecule has 3 aliphatic heterocycles. The maximum atomic E-state index is 13.7. The standard InChI is InChI=1S/C38H52N4O/c43-37(40-25-19-31(20-26-40)27-30-13-6-5-7-14-30)32-17-18-34-35(29-39-36(34)28-32)38(33-15-12-16-33,41-21-8-1-2-9-22-41)42-23-10-3-4-11-24-42/h5-7,13-14,17-18,28-29,31,33,39H,1-4,8-12,15-16,19-27H2. The fourth-order valence-corrected chi connectivity index (χ4v) is 8.94. The normalized spacial score (nSPS) is 22.3. The van der Waals surface area contributed by atoms with Gasteiger partial charge in [0.2, 0.25) is 0 Å². The summed E-state index contributed by atoms with van der Waals surface area (Å²) in [5, 5.41) is 1.33. The Labute approximate surface area is 259 Å². The van der Waals surface area contributed by atoms with Gasteiger partial charge in [0.05, 0.1) is 0 Å². The molecular formula is C38H52N4O. The number of rotatable bonds is 7. The lowest BCUT2D eigenvalue weighted by Crippen LogP contribution is -2.64. The molecule has 1 aromatic heterocycles. The number of aromatic amines is 1. The van der Waals surface area contributed by atoms with Crippen molar-refractivity contribution in [3.8, 4) is 0 Å². The SMILES string of the molecule is O=C(c1ccc2c(C(C3CCC3)(N3CCCCCC3)N3CCCCCC3)c[nH]c2c1)N1CCC(Cc2ccccc2)CC1. The monoisotopic (exact) mass is 580 g/mol. The molecule has 7 rings (SSSR count). The molecule has 1 N–H and O–H groups in total. The number of H-pyrrole nitrogens is 1. The van der Waals surface area contributed by atoms with Crippen LogP contribution in [0.25, 0.3) is 10.9 Å². The number of benzene rings is 2. The molecule has 1 saturated carbocycles. The van der Waals surface area contributed by atoms with E-state index in [1.54, 1.807) is 0 Å². The Kier molecular flexibility index (Phi) is 8.91. The summed E-state index contributed by atoms with van der Waals surface area (Å²) in [7, 11) is 0. The molecule has 5 nitrogen and oxygen atoms in total. The third-order valence-electron chi connectivity index (χ3n) is 11.4. The van der Waals surface area contributed by atoms with Crippen LogP contribution >= 0.6 is 0 Å². The maximum Gasteiger partial charge on any atom is 0.253 e. The minimum atomic E-state index is -0.0304. The van der Waals surface area contributed by atoms with Crippen molar-refractivity contribution < 1.29 is 4.79 Å². The summed E-state index contributed by atoms with van der Waals surface area (Å²) in [6.07, 6.45) is 20.4. The number of nitrogens with one attached hydrogen (secondary N) is 1. The molecule has 0 unspecified atom stereocenters. The number of hydrogen-bond acceptors (Lipinski definition) is 3. The van der Waals surface area contributed by atoms with Crippen LogP contribution < -0.4 is 0 Å². The zero-order valence-electron chi connectivity index (χ0n) is 26.2. The van der Waals surface area contributed by atoms with Crippen LogP contribution in [0, 0.1) is 11.8 Å². The second-order valence-electron chi connectivity index (χ2n) is 14.0. The molecular weight excluding hydrogens is 528 g/mol. The van der Waals surface area contributed by atoms with E-state index < -0.39 is 0 Å². The smallest absolute Gasteiger partial charge is 0.253 e. The van der Waals surface area contributed by atoms with Crippen LogP contribution in [0.1, 0.15) is 105 Å². The largest absolute Gasteiger partial charge is 0.361 e. The third kappa shape index (κ3) is 5.80. The van der Waals surface area contributed by atoms with Gasteiger partial charge in [0.15, 0.2) is 0 Å². The third-order valence-corrected chi connectivity index (χ3v) is 11.4. The minimum absolute atomic E-state index is 0.0304. The molecule has 0 spiro atoms. The Morgan fingerprint density at radius 1 is 0.721 bits per heavy atom. The molecule has 43 heavy (non-hydrogen) atoms. The molecule has 4 heterocycles. The maximum absolute atomic E-state index is 13.7. The van der Waals surface area contributed by atoms with E-state index in [-0.39, 0.29) is 11.6 Å². The number of carbonyl (C=O) groups excluding carboxylic acids is 1. The summed E-state index contributed by atoms with van der Waals surface area (Å²) in [6.45, 7) is 6.54. The van der Waals surface area contributed by atoms with Gasteiger partial charge in [-0.1, -0.05) is 68.5 Å². The number of hydrogen-bond donors (Lipinski definition) is 1. The van der Waals surface area contributed by atoms with Crippen molar-refractivity contribution in [1.29, 1.82) is 0 Å². The highest BCUT2D eigenvalue weighted by Gasteiger charge is 2.52. The molecule has 0 atom stereocenters. The average molecular weight is 581 g/mol. The highest BCUT2D eigenvalue weighted by molar-refractivity contribution is 5.98. The Balaban J connectivity index is 1.16. The van der Waals surface area contributed by atoms with Crippen molar-refractivity contribution in [2.24, 2.45) is 11.8 Å². The van der Waals surface area contributed by atoms with E-state index in [1.165, 1.54) is 113 Å². The second-order valence-corrected chi connectivity index (χ2v) is 14.0. The van der Waals surface area contributed by atoms with Crippen LogP contribution in [0.2, 0.25) is 0 Å².